The highest BCUT2D eigenvalue weighted by Crippen LogP contribution is 2.22. The Kier molecular flexibility index (Phi) is 5.39. The lowest BCUT2D eigenvalue weighted by Crippen LogP contribution is -2.22. The van der Waals surface area contributed by atoms with E-state index in [4.69, 9.17) is 9.72 Å². The molecule has 2 aromatic heterocycles. The van der Waals surface area contributed by atoms with Crippen LogP contribution in [-0.2, 0) is 0 Å². The van der Waals surface area contributed by atoms with E-state index in [9.17, 15) is 4.79 Å². The second-order valence-corrected chi connectivity index (χ2v) is 7.29. The van der Waals surface area contributed by atoms with Gasteiger partial charge in [0.2, 0.25) is 0 Å². The van der Waals surface area contributed by atoms with Gasteiger partial charge in [-0.1, -0.05) is 42.1 Å². The summed E-state index contributed by atoms with van der Waals surface area (Å²) in [4.78, 5) is 22.0. The maximum atomic E-state index is 13.1. The maximum Gasteiger partial charge on any atom is 0.266 e. The molecule has 6 heteroatoms. The SMILES string of the molecule is Cc1ccccc1OCCSc1nc2ccccc2c(=O)n1-c1cccnc1. The first-order chi connectivity index (χ1) is 13.7. The minimum absolute atomic E-state index is 0.0964. The second kappa shape index (κ2) is 8.27. The minimum Gasteiger partial charge on any atom is -0.492 e. The third kappa shape index (κ3) is 3.77. The van der Waals surface area contributed by atoms with E-state index in [0.29, 0.717) is 34.1 Å². The highest BCUT2D eigenvalue weighted by molar-refractivity contribution is 7.99. The molecule has 0 aliphatic rings. The Bertz CT molecular complexity index is 1160. The lowest BCUT2D eigenvalue weighted by atomic mass is 10.2. The van der Waals surface area contributed by atoms with Crippen LogP contribution >= 0.6 is 11.8 Å². The largest absolute Gasteiger partial charge is 0.492 e. The molecule has 0 atom stereocenters. The van der Waals surface area contributed by atoms with Gasteiger partial charge >= 0.3 is 0 Å². The minimum atomic E-state index is -0.0964. The first kappa shape index (κ1) is 18.3. The van der Waals surface area contributed by atoms with Crippen molar-refractivity contribution in [2.45, 2.75) is 12.1 Å². The van der Waals surface area contributed by atoms with Crippen molar-refractivity contribution in [1.29, 1.82) is 0 Å². The molecule has 0 unspecified atom stereocenters. The Morgan fingerprint density at radius 3 is 2.68 bits per heavy atom. The summed E-state index contributed by atoms with van der Waals surface area (Å²) < 4.78 is 7.49. The van der Waals surface area contributed by atoms with E-state index in [1.165, 1.54) is 11.8 Å². The first-order valence-corrected chi connectivity index (χ1v) is 9.96. The number of rotatable bonds is 6. The lowest BCUT2D eigenvalue weighted by molar-refractivity contribution is 0.341. The first-order valence-electron chi connectivity index (χ1n) is 8.97. The molecule has 0 fully saturated rings. The molecule has 0 amide bonds. The summed E-state index contributed by atoms with van der Waals surface area (Å²) in [5.74, 6) is 1.54. The summed E-state index contributed by atoms with van der Waals surface area (Å²) in [5.41, 5.74) is 2.40. The number of benzene rings is 2. The predicted molar refractivity (Wildman–Crippen MR) is 113 cm³/mol. The standard InChI is InChI=1S/C22H19N3O2S/c1-16-7-2-5-11-20(16)27-13-14-28-22-24-19-10-4-3-9-18(19)21(26)25(22)17-8-6-12-23-15-17/h2-12,15H,13-14H2,1H3. The van der Waals surface area contributed by atoms with Crippen LogP contribution in [0.5, 0.6) is 5.75 Å². The molecular formula is C22H19N3O2S. The van der Waals surface area contributed by atoms with Crippen LogP contribution in [0.2, 0.25) is 0 Å². The number of hydrogen-bond donors (Lipinski definition) is 0. The second-order valence-electron chi connectivity index (χ2n) is 6.23. The number of aromatic nitrogens is 3. The van der Waals surface area contributed by atoms with Crippen molar-refractivity contribution >= 4 is 22.7 Å². The fourth-order valence-electron chi connectivity index (χ4n) is 2.93. The summed E-state index contributed by atoms with van der Waals surface area (Å²) in [6.45, 7) is 2.54. The van der Waals surface area contributed by atoms with Gasteiger partial charge in [0.25, 0.3) is 5.56 Å². The van der Waals surface area contributed by atoms with E-state index in [1.54, 1.807) is 23.0 Å². The van der Waals surface area contributed by atoms with Crippen LogP contribution in [0.25, 0.3) is 16.6 Å². The molecule has 0 bridgehead atoms. The molecule has 0 aliphatic carbocycles. The number of hydrogen-bond acceptors (Lipinski definition) is 5. The molecule has 0 N–H and O–H groups in total. The number of ether oxygens (including phenoxy) is 1. The number of para-hydroxylation sites is 2. The molecule has 4 rings (SSSR count). The van der Waals surface area contributed by atoms with Gasteiger partial charge in [0.05, 0.1) is 29.4 Å². The smallest absolute Gasteiger partial charge is 0.266 e. The molecule has 4 aromatic rings. The van der Waals surface area contributed by atoms with Gasteiger partial charge in [-0.25, -0.2) is 4.98 Å². The van der Waals surface area contributed by atoms with Crippen molar-refractivity contribution in [2.75, 3.05) is 12.4 Å². The topological polar surface area (TPSA) is 57.0 Å². The normalized spacial score (nSPS) is 10.9. The van der Waals surface area contributed by atoms with Gasteiger partial charge in [-0.05, 0) is 42.8 Å². The maximum absolute atomic E-state index is 13.1. The van der Waals surface area contributed by atoms with E-state index >= 15 is 0 Å². The van der Waals surface area contributed by atoms with Gasteiger partial charge < -0.3 is 4.74 Å². The van der Waals surface area contributed by atoms with Crippen LogP contribution < -0.4 is 10.3 Å². The Labute approximate surface area is 167 Å². The summed E-state index contributed by atoms with van der Waals surface area (Å²) in [5, 5.41) is 1.22. The number of nitrogens with zero attached hydrogens (tertiary/aromatic N) is 3. The highest BCUT2D eigenvalue weighted by Gasteiger charge is 2.13. The molecule has 5 nitrogen and oxygen atoms in total. The third-order valence-electron chi connectivity index (χ3n) is 4.31. The summed E-state index contributed by atoms with van der Waals surface area (Å²) >= 11 is 1.50. The van der Waals surface area contributed by atoms with Crippen molar-refractivity contribution in [1.82, 2.24) is 14.5 Å². The zero-order chi connectivity index (χ0) is 19.3. The van der Waals surface area contributed by atoms with E-state index in [2.05, 4.69) is 4.98 Å². The van der Waals surface area contributed by atoms with Gasteiger partial charge in [-0.2, -0.15) is 0 Å². The van der Waals surface area contributed by atoms with Crippen molar-refractivity contribution < 1.29 is 4.74 Å². The molecule has 0 saturated carbocycles. The summed E-state index contributed by atoms with van der Waals surface area (Å²) in [6, 6.07) is 19.0. The average Bonchev–Trinajstić information content (AvgIpc) is 2.73. The number of fused-ring (bicyclic) bond motifs is 1. The number of thioether (sulfide) groups is 1. The van der Waals surface area contributed by atoms with Gasteiger partial charge in [0.15, 0.2) is 5.16 Å². The molecule has 0 aliphatic heterocycles. The Morgan fingerprint density at radius 2 is 1.86 bits per heavy atom. The zero-order valence-corrected chi connectivity index (χ0v) is 16.2. The Hall–Kier alpha value is -3.12. The van der Waals surface area contributed by atoms with Crippen LogP contribution in [-0.4, -0.2) is 26.9 Å². The average molecular weight is 389 g/mol. The molecule has 0 saturated heterocycles. The lowest BCUT2D eigenvalue weighted by Gasteiger charge is -2.13. The zero-order valence-electron chi connectivity index (χ0n) is 15.4. The van der Waals surface area contributed by atoms with Crippen LogP contribution in [0.3, 0.4) is 0 Å². The third-order valence-corrected chi connectivity index (χ3v) is 5.22. The number of pyridine rings is 1. The van der Waals surface area contributed by atoms with Gasteiger partial charge in [0, 0.05) is 11.9 Å². The molecule has 28 heavy (non-hydrogen) atoms. The monoisotopic (exact) mass is 389 g/mol. The predicted octanol–water partition coefficient (Wildman–Crippen LogP) is 4.26. The van der Waals surface area contributed by atoms with Crippen LogP contribution in [0.1, 0.15) is 5.56 Å². The van der Waals surface area contributed by atoms with Crippen molar-refractivity contribution in [3.63, 3.8) is 0 Å². The quantitative estimate of drug-likeness (QED) is 0.280. The van der Waals surface area contributed by atoms with E-state index in [0.717, 1.165) is 11.3 Å². The van der Waals surface area contributed by atoms with Crippen molar-refractivity contribution in [3.05, 3.63) is 89.0 Å². The van der Waals surface area contributed by atoms with Gasteiger partial charge in [-0.15, -0.1) is 0 Å². The fraction of sp³-hybridized carbons (Fsp3) is 0.136. The van der Waals surface area contributed by atoms with Crippen LogP contribution in [0.15, 0.2) is 83.0 Å². The molecule has 2 aromatic carbocycles. The summed E-state index contributed by atoms with van der Waals surface area (Å²) in [6.07, 6.45) is 3.36. The fourth-order valence-corrected chi connectivity index (χ4v) is 3.76. The molecule has 0 spiro atoms. The Morgan fingerprint density at radius 1 is 1.04 bits per heavy atom. The summed E-state index contributed by atoms with van der Waals surface area (Å²) in [7, 11) is 0. The van der Waals surface area contributed by atoms with Crippen molar-refractivity contribution in [3.8, 4) is 11.4 Å². The highest BCUT2D eigenvalue weighted by atomic mass is 32.2. The molecule has 2 heterocycles. The molecule has 140 valence electrons. The van der Waals surface area contributed by atoms with Gasteiger partial charge in [0.1, 0.15) is 5.75 Å². The Balaban J connectivity index is 1.62. The van der Waals surface area contributed by atoms with E-state index in [1.807, 2.05) is 61.5 Å². The van der Waals surface area contributed by atoms with Gasteiger partial charge in [-0.3, -0.25) is 14.3 Å². The molecular weight excluding hydrogens is 370 g/mol. The van der Waals surface area contributed by atoms with Crippen LogP contribution in [0.4, 0.5) is 0 Å². The van der Waals surface area contributed by atoms with E-state index < -0.39 is 0 Å². The van der Waals surface area contributed by atoms with Crippen LogP contribution in [0, 0.1) is 6.92 Å². The van der Waals surface area contributed by atoms with E-state index in [-0.39, 0.29) is 5.56 Å². The van der Waals surface area contributed by atoms with Crippen molar-refractivity contribution in [2.24, 2.45) is 0 Å². The number of aryl methyl sites for hydroxylation is 1. The molecule has 0 radical (unpaired) electrons.